The number of hydrogen-bond donors (Lipinski definition) is 1. The van der Waals surface area contributed by atoms with Gasteiger partial charge in [-0.2, -0.15) is 0 Å². The summed E-state index contributed by atoms with van der Waals surface area (Å²) >= 11 is 0. The van der Waals surface area contributed by atoms with E-state index in [2.05, 4.69) is 22.3 Å². The van der Waals surface area contributed by atoms with Crippen LogP contribution in [0.25, 0.3) is 10.9 Å². The van der Waals surface area contributed by atoms with Crippen LogP contribution in [-0.4, -0.2) is 56.4 Å². The first-order chi connectivity index (χ1) is 14.8. The summed E-state index contributed by atoms with van der Waals surface area (Å²) in [6.07, 6.45) is 9.67. The summed E-state index contributed by atoms with van der Waals surface area (Å²) in [4.78, 5) is 7.60. The predicted molar refractivity (Wildman–Crippen MR) is 122 cm³/mol. The third-order valence-electron chi connectivity index (χ3n) is 6.95. The first kappa shape index (κ1) is 20.1. The fourth-order valence-corrected chi connectivity index (χ4v) is 4.96. The van der Waals surface area contributed by atoms with E-state index in [1.165, 1.54) is 66.5 Å². The number of ether oxygens (including phenoxy) is 2. The molecule has 3 aliphatic rings. The van der Waals surface area contributed by atoms with E-state index in [1.807, 2.05) is 0 Å². The monoisotopic (exact) mass is 409 g/mol. The average molecular weight is 410 g/mol. The molecule has 5 heteroatoms. The second-order valence-electron chi connectivity index (χ2n) is 9.18. The molecule has 1 N–H and O–H groups in total. The van der Waals surface area contributed by atoms with Crippen molar-refractivity contribution in [3.05, 3.63) is 29.0 Å². The molecule has 2 fully saturated rings. The molecule has 1 saturated heterocycles. The van der Waals surface area contributed by atoms with E-state index in [0.717, 1.165) is 69.3 Å². The first-order valence-corrected chi connectivity index (χ1v) is 11.9. The van der Waals surface area contributed by atoms with Gasteiger partial charge in [0, 0.05) is 36.4 Å². The Morgan fingerprint density at radius 3 is 2.83 bits per heavy atom. The fourth-order valence-electron chi connectivity index (χ4n) is 4.96. The molecule has 2 aromatic rings. The van der Waals surface area contributed by atoms with Crippen molar-refractivity contribution >= 4 is 16.6 Å². The molecule has 1 aliphatic heterocycles. The zero-order chi connectivity index (χ0) is 20.3. The van der Waals surface area contributed by atoms with Crippen LogP contribution in [0.15, 0.2) is 12.1 Å². The number of benzene rings is 1. The second-order valence-corrected chi connectivity index (χ2v) is 9.18. The molecule has 1 aromatic heterocycles. The summed E-state index contributed by atoms with van der Waals surface area (Å²) in [6.45, 7) is 6.17. The summed E-state index contributed by atoms with van der Waals surface area (Å²) < 4.78 is 11.3. The Hall–Kier alpha value is -1.85. The van der Waals surface area contributed by atoms with Crippen molar-refractivity contribution in [2.24, 2.45) is 5.92 Å². The minimum atomic E-state index is 0.859. The minimum Gasteiger partial charge on any atom is -0.496 e. The van der Waals surface area contributed by atoms with Crippen molar-refractivity contribution in [2.75, 3.05) is 51.8 Å². The van der Waals surface area contributed by atoms with Gasteiger partial charge in [-0.15, -0.1) is 0 Å². The highest BCUT2D eigenvalue weighted by atomic mass is 16.5. The number of nitrogens with zero attached hydrogens (tertiary/aromatic N) is 2. The van der Waals surface area contributed by atoms with Gasteiger partial charge in [-0.3, -0.25) is 9.88 Å². The Kier molecular flexibility index (Phi) is 6.09. The molecule has 0 bridgehead atoms. The number of aryl methyl sites for hydroxylation is 2. The number of unbranched alkanes of at least 4 members (excludes halogenated alkanes) is 1. The summed E-state index contributed by atoms with van der Waals surface area (Å²) in [5, 5.41) is 5.04. The van der Waals surface area contributed by atoms with Crippen LogP contribution in [0, 0.1) is 5.92 Å². The van der Waals surface area contributed by atoms with E-state index in [4.69, 9.17) is 14.5 Å². The lowest BCUT2D eigenvalue weighted by atomic mass is 10.0. The van der Waals surface area contributed by atoms with Crippen molar-refractivity contribution in [3.63, 3.8) is 0 Å². The maximum Gasteiger partial charge on any atom is 0.122 e. The first-order valence-electron chi connectivity index (χ1n) is 11.9. The van der Waals surface area contributed by atoms with Gasteiger partial charge in [-0.05, 0) is 87.1 Å². The number of anilines is 1. The molecule has 0 unspecified atom stereocenters. The van der Waals surface area contributed by atoms with E-state index in [1.54, 1.807) is 7.11 Å². The smallest absolute Gasteiger partial charge is 0.122 e. The van der Waals surface area contributed by atoms with Crippen molar-refractivity contribution in [3.8, 4) is 5.75 Å². The zero-order valence-electron chi connectivity index (χ0n) is 18.3. The van der Waals surface area contributed by atoms with E-state index in [0.29, 0.717) is 0 Å². The van der Waals surface area contributed by atoms with Gasteiger partial charge in [0.05, 0.1) is 25.8 Å². The third kappa shape index (κ3) is 4.42. The lowest BCUT2D eigenvalue weighted by Gasteiger charge is -2.26. The van der Waals surface area contributed by atoms with E-state index >= 15 is 0 Å². The highest BCUT2D eigenvalue weighted by molar-refractivity contribution is 5.95. The van der Waals surface area contributed by atoms with E-state index in [9.17, 15) is 0 Å². The van der Waals surface area contributed by atoms with Crippen LogP contribution >= 0.6 is 0 Å². The number of morpholine rings is 1. The molecule has 1 saturated carbocycles. The summed E-state index contributed by atoms with van der Waals surface area (Å²) in [7, 11) is 1.80. The Morgan fingerprint density at radius 2 is 2.03 bits per heavy atom. The van der Waals surface area contributed by atoms with Gasteiger partial charge < -0.3 is 14.8 Å². The summed E-state index contributed by atoms with van der Waals surface area (Å²) in [6, 6.07) is 4.54. The molecule has 30 heavy (non-hydrogen) atoms. The van der Waals surface area contributed by atoms with Crippen LogP contribution in [0.3, 0.4) is 0 Å². The van der Waals surface area contributed by atoms with Crippen LogP contribution in [0.1, 0.15) is 48.9 Å². The lowest BCUT2D eigenvalue weighted by Crippen LogP contribution is -2.36. The molecule has 0 radical (unpaired) electrons. The number of rotatable bonds is 9. The fraction of sp³-hybridized carbons (Fsp3) is 0.640. The molecule has 2 heterocycles. The summed E-state index contributed by atoms with van der Waals surface area (Å²) in [5.74, 6) is 1.88. The Balaban J connectivity index is 1.34. The molecule has 5 rings (SSSR count). The largest absolute Gasteiger partial charge is 0.496 e. The quantitative estimate of drug-likeness (QED) is 0.629. The molecular formula is C25H35N3O2. The van der Waals surface area contributed by atoms with Crippen molar-refractivity contribution < 1.29 is 9.47 Å². The SMILES string of the molecule is COc1cc2c(NCC3CC3)c3c(nc2cc1CCCCN1CCOCC1)CCC3. The Bertz CT molecular complexity index is 888. The molecule has 162 valence electrons. The van der Waals surface area contributed by atoms with Crippen LogP contribution in [0.2, 0.25) is 0 Å². The molecule has 2 aliphatic carbocycles. The zero-order valence-corrected chi connectivity index (χ0v) is 18.3. The predicted octanol–water partition coefficient (Wildman–Crippen LogP) is 4.21. The highest BCUT2D eigenvalue weighted by Crippen LogP contribution is 2.38. The van der Waals surface area contributed by atoms with Gasteiger partial charge in [-0.25, -0.2) is 0 Å². The molecular weight excluding hydrogens is 374 g/mol. The van der Waals surface area contributed by atoms with E-state index < -0.39 is 0 Å². The maximum atomic E-state index is 5.83. The third-order valence-corrected chi connectivity index (χ3v) is 6.95. The van der Waals surface area contributed by atoms with Gasteiger partial charge in [0.1, 0.15) is 5.75 Å². The molecule has 1 aromatic carbocycles. The summed E-state index contributed by atoms with van der Waals surface area (Å²) in [5.41, 5.74) is 6.52. The number of pyridine rings is 1. The van der Waals surface area contributed by atoms with Crippen LogP contribution in [0.4, 0.5) is 5.69 Å². The lowest BCUT2D eigenvalue weighted by molar-refractivity contribution is 0.0372. The van der Waals surface area contributed by atoms with Crippen molar-refractivity contribution in [1.82, 2.24) is 9.88 Å². The van der Waals surface area contributed by atoms with Crippen molar-refractivity contribution in [2.45, 2.75) is 51.4 Å². The van der Waals surface area contributed by atoms with Gasteiger partial charge in [0.2, 0.25) is 0 Å². The average Bonchev–Trinajstić information content (AvgIpc) is 3.49. The van der Waals surface area contributed by atoms with Crippen molar-refractivity contribution in [1.29, 1.82) is 0 Å². The number of hydrogen-bond acceptors (Lipinski definition) is 5. The Morgan fingerprint density at radius 1 is 1.17 bits per heavy atom. The maximum absolute atomic E-state index is 5.83. The van der Waals surface area contributed by atoms with Gasteiger partial charge in [-0.1, -0.05) is 0 Å². The van der Waals surface area contributed by atoms with Crippen LogP contribution in [0.5, 0.6) is 5.75 Å². The minimum absolute atomic E-state index is 0.859. The molecule has 5 nitrogen and oxygen atoms in total. The number of nitrogens with one attached hydrogen (secondary N) is 1. The standard InChI is InChI=1S/C25H35N3O2/c1-29-24-16-21-23(15-19(24)5-2-3-10-28-11-13-30-14-12-28)27-22-7-4-6-20(22)25(21)26-17-18-8-9-18/h15-16,18H,2-14,17H2,1H3,(H,26,27). The molecule has 0 atom stereocenters. The van der Waals surface area contributed by atoms with E-state index in [-0.39, 0.29) is 0 Å². The Labute approximate surface area is 180 Å². The molecule has 0 spiro atoms. The molecule has 0 amide bonds. The normalized spacial score (nSPS) is 19.2. The van der Waals surface area contributed by atoms with Gasteiger partial charge >= 0.3 is 0 Å². The second kappa shape index (κ2) is 9.11. The van der Waals surface area contributed by atoms with Crippen LogP contribution < -0.4 is 10.1 Å². The highest BCUT2D eigenvalue weighted by Gasteiger charge is 2.24. The van der Waals surface area contributed by atoms with Gasteiger partial charge in [0.25, 0.3) is 0 Å². The topological polar surface area (TPSA) is 46.6 Å². The number of methoxy groups -OCH3 is 1. The van der Waals surface area contributed by atoms with Crippen LogP contribution in [-0.2, 0) is 24.0 Å². The number of aromatic nitrogens is 1. The van der Waals surface area contributed by atoms with Gasteiger partial charge in [0.15, 0.2) is 0 Å². The number of fused-ring (bicyclic) bond motifs is 2.